The monoisotopic (exact) mass is 1280 g/mol. The molecule has 0 amide bonds. The first kappa shape index (κ1) is 77.4. The van der Waals surface area contributed by atoms with Crippen molar-refractivity contribution in [3.8, 4) is 0 Å². The number of hydrogen-bond donors (Lipinski definition) is 0. The highest BCUT2D eigenvalue weighted by molar-refractivity contribution is 7.63. The Labute approximate surface area is 476 Å². The van der Waals surface area contributed by atoms with Crippen LogP contribution in [0, 0.1) is 0 Å². The quantitative estimate of drug-likeness (QED) is 0.0555. The van der Waals surface area contributed by atoms with E-state index < -0.39 is 69.3 Å². The summed E-state index contributed by atoms with van der Waals surface area (Å²) in [5, 5.41) is 0. The molecule has 1 rings (SSSR count). The molecule has 0 aromatic heterocycles. The standard InChI is InChI=1S/C51H105O18P9/c1-13-58-73(52,59-14-2)40-34-70(35-41-74(53,60-15-3)61-16-4)31-25-28-49-46-50(29-26-32-71(36-42-75(54,62-17-5)63-18-6)37-43-76(55,64-19-7)65-20-8)48-51(47-49)30-27-33-72(38-44-77(56,66-21-9)67-22-10)39-45-78(57,68-23-11)69-24-12/h46-48H,13-45H2,1-12H3. The Bertz CT molecular complexity index is 1630. The van der Waals surface area contributed by atoms with E-state index in [-0.39, 0.29) is 116 Å². The van der Waals surface area contributed by atoms with E-state index in [1.165, 1.54) is 16.7 Å². The number of aryl methyl sites for hydroxylation is 3. The Kier molecular flexibility index (Phi) is 43.6. The molecule has 0 saturated carbocycles. The Morgan fingerprint density at radius 2 is 0.397 bits per heavy atom. The van der Waals surface area contributed by atoms with Crippen molar-refractivity contribution in [2.45, 2.75) is 122 Å². The smallest absolute Gasteiger partial charge is 0.309 e. The van der Waals surface area contributed by atoms with Crippen LogP contribution < -0.4 is 0 Å². The van der Waals surface area contributed by atoms with E-state index in [4.69, 9.17) is 54.3 Å². The van der Waals surface area contributed by atoms with Crippen LogP contribution in [0.4, 0.5) is 0 Å². The summed E-state index contributed by atoms with van der Waals surface area (Å²) in [6.07, 6.45) is 13.0. The van der Waals surface area contributed by atoms with Crippen LogP contribution in [0.5, 0.6) is 0 Å². The molecule has 462 valence electrons. The molecular weight excluding hydrogens is 1180 g/mol. The van der Waals surface area contributed by atoms with Gasteiger partial charge in [-0.05, 0) is 194 Å². The van der Waals surface area contributed by atoms with Crippen LogP contribution >= 0.6 is 69.3 Å². The van der Waals surface area contributed by atoms with Gasteiger partial charge in [-0.1, -0.05) is 18.2 Å². The molecule has 0 aliphatic carbocycles. The van der Waals surface area contributed by atoms with Gasteiger partial charge in [-0.3, -0.25) is 27.4 Å². The van der Waals surface area contributed by atoms with Crippen molar-refractivity contribution in [3.05, 3.63) is 34.9 Å². The first-order chi connectivity index (χ1) is 37.2. The predicted octanol–water partition coefficient (Wildman–Crippen LogP) is 16.5. The van der Waals surface area contributed by atoms with Crippen LogP contribution in [0.15, 0.2) is 18.2 Å². The Morgan fingerprint density at radius 3 is 0.526 bits per heavy atom. The van der Waals surface area contributed by atoms with Crippen molar-refractivity contribution in [3.63, 3.8) is 0 Å². The first-order valence-corrected chi connectivity index (χ1v) is 44.8. The Morgan fingerprint density at radius 1 is 0.256 bits per heavy atom. The molecule has 0 N–H and O–H groups in total. The van der Waals surface area contributed by atoms with Crippen molar-refractivity contribution >= 4 is 69.3 Å². The zero-order chi connectivity index (χ0) is 58.4. The normalized spacial score (nSPS) is 13.3. The van der Waals surface area contributed by atoms with Crippen LogP contribution in [-0.2, 0) is 101 Å². The van der Waals surface area contributed by atoms with Crippen molar-refractivity contribution < 1.29 is 81.7 Å². The molecule has 1 aromatic carbocycles. The molecule has 78 heavy (non-hydrogen) atoms. The highest BCUT2D eigenvalue weighted by Gasteiger charge is 2.32. The second-order valence-corrected chi connectivity index (χ2v) is 39.2. The lowest BCUT2D eigenvalue weighted by Gasteiger charge is -2.24. The lowest BCUT2D eigenvalue weighted by atomic mass is 9.98. The number of benzene rings is 1. The van der Waals surface area contributed by atoms with E-state index in [2.05, 4.69) is 18.2 Å². The molecule has 0 unspecified atom stereocenters. The fraction of sp³-hybridized carbons (Fsp3) is 0.882. The van der Waals surface area contributed by atoms with Gasteiger partial charge in [0.05, 0.1) is 116 Å². The van der Waals surface area contributed by atoms with Crippen molar-refractivity contribution in [1.82, 2.24) is 0 Å². The fourth-order valence-electron chi connectivity index (χ4n) is 8.74. The average molecular weight is 1290 g/mol. The molecule has 18 nitrogen and oxygen atoms in total. The van der Waals surface area contributed by atoms with Gasteiger partial charge in [-0.25, -0.2) is 0 Å². The zero-order valence-electron chi connectivity index (χ0n) is 49.9. The van der Waals surface area contributed by atoms with Crippen molar-refractivity contribution in [1.29, 1.82) is 0 Å². The van der Waals surface area contributed by atoms with E-state index >= 15 is 0 Å². The topological polar surface area (TPSA) is 213 Å². The van der Waals surface area contributed by atoms with Crippen LogP contribution in [0.1, 0.15) is 119 Å². The third-order valence-corrected chi connectivity index (χ3v) is 34.5. The minimum Gasteiger partial charge on any atom is -0.309 e. The van der Waals surface area contributed by atoms with Gasteiger partial charge in [-0.2, -0.15) is 0 Å². The summed E-state index contributed by atoms with van der Waals surface area (Å²) in [7, 11) is -22.1. The summed E-state index contributed by atoms with van der Waals surface area (Å²) in [6.45, 7) is 25.1. The van der Waals surface area contributed by atoms with Crippen molar-refractivity contribution in [2.75, 3.05) is 172 Å². The van der Waals surface area contributed by atoms with Crippen LogP contribution in [0.2, 0.25) is 0 Å². The third-order valence-electron chi connectivity index (χ3n) is 12.0. The third kappa shape index (κ3) is 33.9. The molecule has 0 saturated heterocycles. The van der Waals surface area contributed by atoms with Crippen LogP contribution in [0.3, 0.4) is 0 Å². The Balaban J connectivity index is 3.69. The van der Waals surface area contributed by atoms with Crippen LogP contribution in [-0.4, -0.2) is 172 Å². The lowest BCUT2D eigenvalue weighted by molar-refractivity contribution is 0.220. The van der Waals surface area contributed by atoms with Crippen molar-refractivity contribution in [2.24, 2.45) is 0 Å². The van der Waals surface area contributed by atoms with E-state index in [1.54, 1.807) is 0 Å². The molecule has 0 radical (unpaired) electrons. The molecule has 0 bridgehead atoms. The fourth-order valence-corrected chi connectivity index (χ4v) is 32.0. The van der Waals surface area contributed by atoms with E-state index in [0.717, 1.165) is 57.0 Å². The van der Waals surface area contributed by atoms with Gasteiger partial charge in [0, 0.05) is 0 Å². The minimum absolute atomic E-state index is 0.281. The minimum atomic E-state index is -3.30. The van der Waals surface area contributed by atoms with Gasteiger partial charge in [0.15, 0.2) is 0 Å². The predicted molar refractivity (Wildman–Crippen MR) is 330 cm³/mol. The largest absolute Gasteiger partial charge is 0.331 e. The number of hydrogen-bond acceptors (Lipinski definition) is 18. The van der Waals surface area contributed by atoms with E-state index in [9.17, 15) is 27.4 Å². The maximum absolute atomic E-state index is 13.7. The number of rotatable bonds is 54. The summed E-state index contributed by atoms with van der Waals surface area (Å²) < 4.78 is 150. The highest BCUT2D eigenvalue weighted by Crippen LogP contribution is 2.58. The summed E-state index contributed by atoms with van der Waals surface area (Å²) in [5.74, 6) is 0. The van der Waals surface area contributed by atoms with Gasteiger partial charge in [0.1, 0.15) is 0 Å². The van der Waals surface area contributed by atoms with Gasteiger partial charge in [0.2, 0.25) is 0 Å². The molecule has 0 atom stereocenters. The molecule has 0 spiro atoms. The summed E-state index contributed by atoms with van der Waals surface area (Å²) in [4.78, 5) is 0. The highest BCUT2D eigenvalue weighted by atomic mass is 31.2. The first-order valence-electron chi connectivity index (χ1n) is 28.8. The van der Waals surface area contributed by atoms with Gasteiger partial charge in [-0.15, -0.1) is 23.8 Å². The SMILES string of the molecule is CCOP(=O)(CCP(CCCc1cc(CCCP(CCP(=O)(OCC)OCC)CCP(=O)(OCC)OCC)cc(CCCP(CCP(=O)(OCC)OCC)CCP(=O)(OCC)OCC)c1)CCP(=O)(OCC)OCC)OCC. The maximum Gasteiger partial charge on any atom is 0.331 e. The maximum atomic E-state index is 13.7. The average Bonchev–Trinajstić information content (AvgIpc) is 3.37. The molecule has 0 fully saturated rings. The van der Waals surface area contributed by atoms with E-state index in [1.807, 2.05) is 83.1 Å². The Hall–Kier alpha value is 1.41. The van der Waals surface area contributed by atoms with Gasteiger partial charge >= 0.3 is 45.6 Å². The van der Waals surface area contributed by atoms with Gasteiger partial charge in [0.25, 0.3) is 0 Å². The molecule has 27 heteroatoms. The lowest BCUT2D eigenvalue weighted by Crippen LogP contribution is -2.10. The van der Waals surface area contributed by atoms with Gasteiger partial charge < -0.3 is 54.3 Å². The molecule has 0 heterocycles. The second kappa shape index (κ2) is 43.9. The second-order valence-electron chi connectivity index (χ2n) is 18.0. The molecule has 0 aliphatic rings. The molecule has 0 aliphatic heterocycles. The molecule has 1 aromatic rings. The summed E-state index contributed by atoms with van der Waals surface area (Å²) >= 11 is 0. The van der Waals surface area contributed by atoms with Crippen LogP contribution in [0.25, 0.3) is 0 Å². The zero-order valence-corrected chi connectivity index (χ0v) is 58.0. The molecular formula is C51H105O18P9. The summed E-state index contributed by atoms with van der Waals surface area (Å²) in [6, 6.07) is 6.89. The summed E-state index contributed by atoms with van der Waals surface area (Å²) in [5.41, 5.74) is 3.62. The van der Waals surface area contributed by atoms with E-state index in [0.29, 0.717) is 37.0 Å².